The molecule has 3 aromatic rings. The summed E-state index contributed by atoms with van der Waals surface area (Å²) in [4.78, 5) is 32.7. The van der Waals surface area contributed by atoms with Crippen LogP contribution in [0.1, 0.15) is 39.5 Å². The van der Waals surface area contributed by atoms with Gasteiger partial charge in [0.05, 0.1) is 11.8 Å². The summed E-state index contributed by atoms with van der Waals surface area (Å²) in [5.74, 6) is 2.66. The number of anilines is 1. The predicted octanol–water partition coefficient (Wildman–Crippen LogP) is 1.91. The molecular formula is C22H18N6O2. The highest BCUT2D eigenvalue weighted by atomic mass is 16.2. The van der Waals surface area contributed by atoms with Gasteiger partial charge in [-0.1, -0.05) is 6.07 Å². The van der Waals surface area contributed by atoms with Crippen molar-refractivity contribution in [3.8, 4) is 12.0 Å². The van der Waals surface area contributed by atoms with Gasteiger partial charge in [-0.3, -0.25) is 14.6 Å². The zero-order chi connectivity index (χ0) is 20.7. The minimum absolute atomic E-state index is 0.0670. The van der Waals surface area contributed by atoms with Crippen LogP contribution >= 0.6 is 0 Å². The number of amides is 2. The molecule has 148 valence electrons. The topological polar surface area (TPSA) is 111 Å². The summed E-state index contributed by atoms with van der Waals surface area (Å²) in [6.45, 7) is 0. The largest absolute Gasteiger partial charge is 0.349 e. The van der Waals surface area contributed by atoms with Crippen LogP contribution in [0, 0.1) is 17.9 Å². The Hall–Kier alpha value is -4.12. The Morgan fingerprint density at radius 1 is 1.33 bits per heavy atom. The lowest BCUT2D eigenvalue weighted by Gasteiger charge is -2.08. The molecule has 1 aliphatic heterocycles. The summed E-state index contributed by atoms with van der Waals surface area (Å²) in [5, 5.41) is 10.4. The Labute approximate surface area is 172 Å². The molecule has 2 aliphatic rings. The van der Waals surface area contributed by atoms with E-state index in [1.54, 1.807) is 31.7 Å². The lowest BCUT2D eigenvalue weighted by molar-refractivity contribution is -0.117. The molecule has 0 bridgehead atoms. The molecule has 1 aliphatic carbocycles. The van der Waals surface area contributed by atoms with Crippen LogP contribution in [-0.4, -0.2) is 35.0 Å². The van der Waals surface area contributed by atoms with E-state index < -0.39 is 0 Å². The fraction of sp³-hybridized carbons (Fsp3) is 0.182. The maximum absolute atomic E-state index is 12.8. The third-order valence-electron chi connectivity index (χ3n) is 5.36. The van der Waals surface area contributed by atoms with Gasteiger partial charge >= 0.3 is 0 Å². The number of hydrogen-bond donors (Lipinski definition) is 4. The van der Waals surface area contributed by atoms with Crippen molar-refractivity contribution < 1.29 is 9.59 Å². The normalized spacial score (nSPS) is 18.8. The van der Waals surface area contributed by atoms with Crippen molar-refractivity contribution in [3.05, 3.63) is 59.0 Å². The van der Waals surface area contributed by atoms with Crippen LogP contribution in [0.25, 0.3) is 10.9 Å². The molecule has 0 spiro atoms. The minimum Gasteiger partial charge on any atom is -0.349 e. The third-order valence-corrected chi connectivity index (χ3v) is 5.36. The zero-order valence-corrected chi connectivity index (χ0v) is 16.1. The van der Waals surface area contributed by atoms with Gasteiger partial charge in [-0.2, -0.15) is 5.10 Å². The average Bonchev–Trinajstić information content (AvgIpc) is 3.51. The zero-order valence-electron chi connectivity index (χ0n) is 16.1. The number of hydrogen-bond acceptors (Lipinski definition) is 5. The van der Waals surface area contributed by atoms with Crippen molar-refractivity contribution in [3.63, 3.8) is 0 Å². The molecule has 30 heavy (non-hydrogen) atoms. The van der Waals surface area contributed by atoms with E-state index in [0.717, 1.165) is 22.9 Å². The van der Waals surface area contributed by atoms with Gasteiger partial charge in [-0.15, -0.1) is 0 Å². The molecule has 3 heterocycles. The molecule has 2 atom stereocenters. The minimum atomic E-state index is -0.335. The number of carbonyl (C=O) groups is 2. The molecule has 2 aromatic heterocycles. The van der Waals surface area contributed by atoms with Crippen molar-refractivity contribution in [1.29, 1.82) is 0 Å². The standard InChI is InChI=1S/C22H18N6O2/c1-23-6-4-18-17-11-25-28-22(30)16-7-13(8-19(27-18)20(16)17)26-21(29)15-9-14(15)12-3-2-5-24-10-12/h2-3,5,7-8,10-11,14-15,23,27H,9H2,1H3,(H,26,29)(H,28,30). The summed E-state index contributed by atoms with van der Waals surface area (Å²) < 4.78 is 0. The second-order valence-corrected chi connectivity index (χ2v) is 7.28. The van der Waals surface area contributed by atoms with E-state index in [9.17, 15) is 9.59 Å². The maximum Gasteiger partial charge on any atom is 0.272 e. The predicted molar refractivity (Wildman–Crippen MR) is 113 cm³/mol. The second kappa shape index (κ2) is 7.04. The molecule has 8 nitrogen and oxygen atoms in total. The maximum atomic E-state index is 12.8. The average molecular weight is 398 g/mol. The molecule has 2 amide bonds. The quantitative estimate of drug-likeness (QED) is 0.399. The lowest BCUT2D eigenvalue weighted by Crippen LogP contribution is -2.18. The molecule has 1 fully saturated rings. The molecule has 0 saturated heterocycles. The van der Waals surface area contributed by atoms with E-state index in [4.69, 9.17) is 0 Å². The number of nitrogens with one attached hydrogen (secondary N) is 4. The van der Waals surface area contributed by atoms with Crippen molar-refractivity contribution in [2.45, 2.75) is 12.3 Å². The van der Waals surface area contributed by atoms with Crippen molar-refractivity contribution >= 4 is 34.6 Å². The molecule has 5 rings (SSSR count). The smallest absolute Gasteiger partial charge is 0.272 e. The molecular weight excluding hydrogens is 380 g/mol. The first-order valence-electron chi connectivity index (χ1n) is 9.57. The van der Waals surface area contributed by atoms with Crippen molar-refractivity contribution in [2.75, 3.05) is 12.4 Å². The second-order valence-electron chi connectivity index (χ2n) is 7.28. The Bertz CT molecular complexity index is 1270. The highest BCUT2D eigenvalue weighted by Crippen LogP contribution is 2.47. The van der Waals surface area contributed by atoms with Gasteiger partial charge in [0.25, 0.3) is 5.91 Å². The fourth-order valence-electron chi connectivity index (χ4n) is 3.86. The number of nitrogens with zero attached hydrogens (tertiary/aromatic N) is 2. The van der Waals surface area contributed by atoms with E-state index in [1.165, 1.54) is 0 Å². The first kappa shape index (κ1) is 17.9. The van der Waals surface area contributed by atoms with E-state index in [2.05, 4.69) is 43.1 Å². The SMILES string of the molecule is CNC#Cc1[nH]c2cc(NC(=O)C3CC3c3cccnc3)cc3c2c1C=NNC3=O. The van der Waals surface area contributed by atoms with Crippen LogP contribution in [0.5, 0.6) is 0 Å². The lowest BCUT2D eigenvalue weighted by atomic mass is 10.0. The number of rotatable bonds is 3. The van der Waals surface area contributed by atoms with Gasteiger partial charge in [0.1, 0.15) is 5.69 Å². The number of benzene rings is 1. The van der Waals surface area contributed by atoms with E-state index in [-0.39, 0.29) is 23.7 Å². The van der Waals surface area contributed by atoms with E-state index >= 15 is 0 Å². The van der Waals surface area contributed by atoms with Crippen LogP contribution in [0.15, 0.2) is 41.8 Å². The van der Waals surface area contributed by atoms with Crippen LogP contribution in [-0.2, 0) is 4.79 Å². The Kier molecular flexibility index (Phi) is 4.21. The fourth-order valence-corrected chi connectivity index (χ4v) is 3.86. The molecule has 1 aromatic carbocycles. The van der Waals surface area contributed by atoms with Gasteiger partial charge < -0.3 is 15.6 Å². The molecule has 8 heteroatoms. The number of hydrazone groups is 1. The summed E-state index contributed by atoms with van der Waals surface area (Å²) in [5.41, 5.74) is 6.64. The summed E-state index contributed by atoms with van der Waals surface area (Å²) in [6, 6.07) is 10.2. The Morgan fingerprint density at radius 3 is 3.03 bits per heavy atom. The highest BCUT2D eigenvalue weighted by Gasteiger charge is 2.44. The number of aromatic amines is 1. The van der Waals surface area contributed by atoms with Gasteiger partial charge in [0, 0.05) is 53.6 Å². The summed E-state index contributed by atoms with van der Waals surface area (Å²) in [6.07, 6.45) is 5.89. The Morgan fingerprint density at radius 2 is 2.23 bits per heavy atom. The van der Waals surface area contributed by atoms with E-state index in [0.29, 0.717) is 22.5 Å². The van der Waals surface area contributed by atoms with E-state index in [1.807, 2.05) is 18.2 Å². The first-order chi connectivity index (χ1) is 14.7. The Balaban J connectivity index is 1.47. The van der Waals surface area contributed by atoms with Crippen molar-refractivity contribution in [2.24, 2.45) is 11.0 Å². The monoisotopic (exact) mass is 398 g/mol. The van der Waals surface area contributed by atoms with Crippen LogP contribution < -0.4 is 16.1 Å². The van der Waals surface area contributed by atoms with Crippen LogP contribution in [0.4, 0.5) is 5.69 Å². The number of aromatic nitrogens is 2. The van der Waals surface area contributed by atoms with Crippen LogP contribution in [0.2, 0.25) is 0 Å². The summed E-state index contributed by atoms with van der Waals surface area (Å²) >= 11 is 0. The highest BCUT2D eigenvalue weighted by molar-refractivity contribution is 6.16. The number of H-pyrrole nitrogens is 1. The van der Waals surface area contributed by atoms with Gasteiger partial charge in [0.15, 0.2) is 0 Å². The van der Waals surface area contributed by atoms with Gasteiger partial charge in [-0.05, 0) is 42.0 Å². The first-order valence-corrected chi connectivity index (χ1v) is 9.57. The molecule has 2 unspecified atom stereocenters. The number of carbonyl (C=O) groups excluding carboxylic acids is 2. The van der Waals surface area contributed by atoms with Gasteiger partial charge in [-0.25, -0.2) is 5.43 Å². The molecule has 1 saturated carbocycles. The van der Waals surface area contributed by atoms with Crippen LogP contribution in [0.3, 0.4) is 0 Å². The molecule has 0 radical (unpaired) electrons. The van der Waals surface area contributed by atoms with Gasteiger partial charge in [0.2, 0.25) is 5.91 Å². The summed E-state index contributed by atoms with van der Waals surface area (Å²) in [7, 11) is 1.72. The molecule has 4 N–H and O–H groups in total. The third kappa shape index (κ3) is 3.06. The number of pyridine rings is 1. The van der Waals surface area contributed by atoms with Crippen molar-refractivity contribution in [1.82, 2.24) is 20.7 Å².